The zero-order valence-electron chi connectivity index (χ0n) is 20.5. The molecule has 0 aliphatic carbocycles. The number of hydrogen-bond acceptors (Lipinski definition) is 4. The molecule has 3 aromatic rings. The highest BCUT2D eigenvalue weighted by Gasteiger charge is 2.27. The molecule has 1 N–H and O–H groups in total. The van der Waals surface area contributed by atoms with Gasteiger partial charge >= 0.3 is 0 Å². The summed E-state index contributed by atoms with van der Waals surface area (Å²) >= 11 is 0. The van der Waals surface area contributed by atoms with Gasteiger partial charge in [0.2, 0.25) is 5.91 Å². The van der Waals surface area contributed by atoms with Crippen LogP contribution in [0.25, 0.3) is 0 Å². The highest BCUT2D eigenvalue weighted by Crippen LogP contribution is 2.24. The van der Waals surface area contributed by atoms with Crippen molar-refractivity contribution in [3.63, 3.8) is 0 Å². The molecule has 1 aliphatic heterocycles. The van der Waals surface area contributed by atoms with Crippen LogP contribution in [0.4, 0.5) is 10.1 Å². The number of aryl methyl sites for hydroxylation is 1. The molecule has 3 aromatic carbocycles. The van der Waals surface area contributed by atoms with E-state index in [4.69, 9.17) is 0 Å². The van der Waals surface area contributed by atoms with Crippen LogP contribution in [0.2, 0.25) is 0 Å². The van der Waals surface area contributed by atoms with Gasteiger partial charge in [0.15, 0.2) is 0 Å². The molecule has 0 spiro atoms. The van der Waals surface area contributed by atoms with E-state index >= 15 is 0 Å². The third-order valence-corrected chi connectivity index (χ3v) is 8.17. The van der Waals surface area contributed by atoms with Gasteiger partial charge in [-0.2, -0.15) is 0 Å². The van der Waals surface area contributed by atoms with Crippen LogP contribution < -0.4 is 9.62 Å². The van der Waals surface area contributed by atoms with Crippen molar-refractivity contribution in [3.05, 3.63) is 95.3 Å². The number of carbonyl (C=O) groups is 1. The van der Waals surface area contributed by atoms with Gasteiger partial charge in [-0.15, -0.1) is 0 Å². The summed E-state index contributed by atoms with van der Waals surface area (Å²) in [6, 6.07) is 19.6. The number of sulfonamides is 1. The Morgan fingerprint density at radius 1 is 0.889 bits per heavy atom. The van der Waals surface area contributed by atoms with Crippen molar-refractivity contribution in [1.29, 1.82) is 0 Å². The molecule has 1 amide bonds. The third-order valence-electron chi connectivity index (χ3n) is 6.38. The Bertz CT molecular complexity index is 1250. The minimum Gasteiger partial charge on any atom is -0.350 e. The number of halogens is 1. The van der Waals surface area contributed by atoms with E-state index in [1.807, 2.05) is 19.1 Å². The second-order valence-electron chi connectivity index (χ2n) is 9.23. The lowest BCUT2D eigenvalue weighted by atomic mass is 10.1. The smallest absolute Gasteiger partial charge is 0.264 e. The van der Waals surface area contributed by atoms with E-state index in [1.165, 1.54) is 61.2 Å². The third kappa shape index (κ3) is 6.71. The number of amides is 1. The van der Waals surface area contributed by atoms with Crippen LogP contribution >= 0.6 is 0 Å². The van der Waals surface area contributed by atoms with Gasteiger partial charge in [-0.05, 0) is 80.4 Å². The molecule has 1 heterocycles. The normalized spacial score (nSPS) is 14.4. The average Bonchev–Trinajstić information content (AvgIpc) is 2.88. The summed E-state index contributed by atoms with van der Waals surface area (Å²) in [5, 5.41) is 2.81. The van der Waals surface area contributed by atoms with Gasteiger partial charge in [0.25, 0.3) is 10.0 Å². The largest absolute Gasteiger partial charge is 0.350 e. The lowest BCUT2D eigenvalue weighted by Gasteiger charge is -2.26. The van der Waals surface area contributed by atoms with Crippen molar-refractivity contribution < 1.29 is 17.6 Å². The minimum atomic E-state index is -4.04. The van der Waals surface area contributed by atoms with E-state index in [9.17, 15) is 17.6 Å². The summed E-state index contributed by atoms with van der Waals surface area (Å²) in [6.45, 7) is 4.92. The van der Waals surface area contributed by atoms with Crippen molar-refractivity contribution in [2.45, 2.75) is 44.2 Å². The number of nitrogens with zero attached hydrogens (tertiary/aromatic N) is 2. The number of nitrogens with one attached hydrogen (secondary N) is 1. The number of benzene rings is 3. The van der Waals surface area contributed by atoms with Crippen LogP contribution in [0, 0.1) is 12.7 Å². The van der Waals surface area contributed by atoms with Crippen molar-refractivity contribution >= 4 is 21.6 Å². The van der Waals surface area contributed by atoms with E-state index in [0.717, 1.165) is 35.1 Å². The molecule has 0 saturated carbocycles. The van der Waals surface area contributed by atoms with E-state index in [1.54, 1.807) is 12.1 Å². The first-order valence-electron chi connectivity index (χ1n) is 12.2. The Balaban J connectivity index is 1.42. The second kappa shape index (κ2) is 11.7. The van der Waals surface area contributed by atoms with Crippen LogP contribution in [0.1, 0.15) is 36.0 Å². The fourth-order valence-corrected chi connectivity index (χ4v) is 5.71. The van der Waals surface area contributed by atoms with E-state index < -0.39 is 28.3 Å². The maximum absolute atomic E-state index is 13.5. The summed E-state index contributed by atoms with van der Waals surface area (Å²) in [4.78, 5) is 15.4. The molecule has 0 aromatic heterocycles. The van der Waals surface area contributed by atoms with Gasteiger partial charge in [0.05, 0.1) is 10.6 Å². The topological polar surface area (TPSA) is 69.7 Å². The number of likely N-dealkylation sites (tertiary alicyclic amines) is 1. The zero-order chi connectivity index (χ0) is 25.5. The SMILES string of the molecule is Cc1ccc(S(=O)(=O)N(CC(=O)NCc2ccc(CN3CCCCC3)cc2)c2ccc(F)cc2)cc1. The molecule has 4 rings (SSSR count). The zero-order valence-corrected chi connectivity index (χ0v) is 21.3. The monoisotopic (exact) mass is 509 g/mol. The Hall–Kier alpha value is -3.23. The number of anilines is 1. The highest BCUT2D eigenvalue weighted by molar-refractivity contribution is 7.92. The minimum absolute atomic E-state index is 0.0644. The molecule has 1 aliphatic rings. The van der Waals surface area contributed by atoms with Gasteiger partial charge in [-0.25, -0.2) is 12.8 Å². The van der Waals surface area contributed by atoms with Crippen molar-refractivity contribution in [2.24, 2.45) is 0 Å². The lowest BCUT2D eigenvalue weighted by molar-refractivity contribution is -0.119. The molecule has 6 nitrogen and oxygen atoms in total. The van der Waals surface area contributed by atoms with Gasteiger partial charge in [-0.1, -0.05) is 48.4 Å². The van der Waals surface area contributed by atoms with Crippen LogP contribution in [0.5, 0.6) is 0 Å². The number of piperidine rings is 1. The maximum Gasteiger partial charge on any atom is 0.264 e. The van der Waals surface area contributed by atoms with Crippen molar-refractivity contribution in [1.82, 2.24) is 10.2 Å². The Labute approximate surface area is 212 Å². The van der Waals surface area contributed by atoms with Crippen LogP contribution in [-0.2, 0) is 27.9 Å². The number of carbonyl (C=O) groups excluding carboxylic acids is 1. The van der Waals surface area contributed by atoms with E-state index in [2.05, 4.69) is 22.3 Å². The molecule has 0 radical (unpaired) electrons. The van der Waals surface area contributed by atoms with Crippen molar-refractivity contribution in [2.75, 3.05) is 23.9 Å². The van der Waals surface area contributed by atoms with Gasteiger partial charge < -0.3 is 5.32 Å². The van der Waals surface area contributed by atoms with Crippen LogP contribution in [-0.4, -0.2) is 38.9 Å². The molecule has 190 valence electrons. The van der Waals surface area contributed by atoms with E-state index in [0.29, 0.717) is 0 Å². The van der Waals surface area contributed by atoms with Gasteiger partial charge in [-0.3, -0.25) is 14.0 Å². The predicted octanol–water partition coefficient (Wildman–Crippen LogP) is 4.63. The Morgan fingerprint density at radius 2 is 1.50 bits per heavy atom. The first-order valence-corrected chi connectivity index (χ1v) is 13.7. The average molecular weight is 510 g/mol. The van der Waals surface area contributed by atoms with Gasteiger partial charge in [0, 0.05) is 13.1 Å². The van der Waals surface area contributed by atoms with Crippen LogP contribution in [0.3, 0.4) is 0 Å². The summed E-state index contributed by atoms with van der Waals surface area (Å²) in [5.74, 6) is -0.938. The second-order valence-corrected chi connectivity index (χ2v) is 11.1. The molecular formula is C28H32FN3O3S. The fraction of sp³-hybridized carbons (Fsp3) is 0.321. The number of hydrogen-bond donors (Lipinski definition) is 1. The summed E-state index contributed by atoms with van der Waals surface area (Å²) in [7, 11) is -4.04. The maximum atomic E-state index is 13.5. The quantitative estimate of drug-likeness (QED) is 0.457. The van der Waals surface area contributed by atoms with E-state index in [-0.39, 0.29) is 17.1 Å². The molecular weight excluding hydrogens is 477 g/mol. The lowest BCUT2D eigenvalue weighted by Crippen LogP contribution is -2.40. The van der Waals surface area contributed by atoms with Gasteiger partial charge in [0.1, 0.15) is 12.4 Å². The Morgan fingerprint density at radius 3 is 2.14 bits per heavy atom. The standard InChI is InChI=1S/C28H32FN3O3S/c1-22-5-15-27(16-6-22)36(34,35)32(26-13-11-25(29)12-14-26)21-28(33)30-19-23-7-9-24(10-8-23)20-31-17-3-2-4-18-31/h5-16H,2-4,17-21H2,1H3,(H,30,33). The van der Waals surface area contributed by atoms with Crippen molar-refractivity contribution in [3.8, 4) is 0 Å². The molecule has 0 atom stereocenters. The molecule has 1 saturated heterocycles. The molecule has 36 heavy (non-hydrogen) atoms. The van der Waals surface area contributed by atoms with Crippen LogP contribution in [0.15, 0.2) is 77.7 Å². The summed E-state index contributed by atoms with van der Waals surface area (Å²) < 4.78 is 41.3. The predicted molar refractivity (Wildman–Crippen MR) is 140 cm³/mol. The first-order chi connectivity index (χ1) is 17.3. The fourth-order valence-electron chi connectivity index (χ4n) is 4.29. The first kappa shape index (κ1) is 25.9. The molecule has 1 fully saturated rings. The summed E-state index contributed by atoms with van der Waals surface area (Å²) in [6.07, 6.45) is 3.80. The molecule has 8 heteroatoms. The molecule has 0 unspecified atom stereocenters. The number of rotatable bonds is 9. The Kier molecular flexibility index (Phi) is 8.38. The highest BCUT2D eigenvalue weighted by atomic mass is 32.2. The molecule has 0 bridgehead atoms. The summed E-state index contributed by atoms with van der Waals surface area (Å²) in [5.41, 5.74) is 3.30.